The van der Waals surface area contributed by atoms with E-state index in [0.717, 1.165) is 11.1 Å². The summed E-state index contributed by atoms with van der Waals surface area (Å²) in [6.45, 7) is 0. The van der Waals surface area contributed by atoms with E-state index < -0.39 is 5.91 Å². The van der Waals surface area contributed by atoms with Crippen LogP contribution in [0, 0.1) is 0 Å². The summed E-state index contributed by atoms with van der Waals surface area (Å²) in [5.41, 5.74) is 7.21. The highest BCUT2D eigenvalue weighted by Gasteiger charge is 2.08. The molecule has 0 heterocycles. The van der Waals surface area contributed by atoms with Crippen molar-refractivity contribution in [3.63, 3.8) is 0 Å². The van der Waals surface area contributed by atoms with Crippen molar-refractivity contribution in [2.24, 2.45) is 5.73 Å². The van der Waals surface area contributed by atoms with E-state index in [1.807, 2.05) is 0 Å². The summed E-state index contributed by atoms with van der Waals surface area (Å²) in [6, 6.07) is 11.7. The van der Waals surface area contributed by atoms with Crippen molar-refractivity contribution < 1.29 is 9.90 Å². The van der Waals surface area contributed by atoms with E-state index in [9.17, 15) is 9.90 Å². The van der Waals surface area contributed by atoms with Gasteiger partial charge in [0.2, 0.25) is 5.91 Å². The number of phenols is 1. The fraction of sp³-hybridized carbons (Fsp3) is 0. The number of carbonyl (C=O) groups excluding carboxylic acids is 1. The van der Waals surface area contributed by atoms with E-state index in [4.69, 9.17) is 17.3 Å². The summed E-state index contributed by atoms with van der Waals surface area (Å²) in [6.07, 6.45) is 0. The average molecular weight is 248 g/mol. The van der Waals surface area contributed by atoms with Crippen LogP contribution in [0.1, 0.15) is 10.4 Å². The lowest BCUT2D eigenvalue weighted by molar-refractivity contribution is 0.100. The third-order valence-electron chi connectivity index (χ3n) is 2.43. The van der Waals surface area contributed by atoms with Crippen LogP contribution in [0.3, 0.4) is 0 Å². The largest absolute Gasteiger partial charge is 0.508 e. The maximum Gasteiger partial charge on any atom is 0.250 e. The van der Waals surface area contributed by atoms with Crippen LogP contribution in [-0.2, 0) is 0 Å². The maximum absolute atomic E-state index is 11.2. The van der Waals surface area contributed by atoms with Gasteiger partial charge in [0, 0.05) is 0 Å². The highest BCUT2D eigenvalue weighted by Crippen LogP contribution is 2.26. The molecule has 0 radical (unpaired) electrons. The van der Waals surface area contributed by atoms with E-state index >= 15 is 0 Å². The fourth-order valence-corrected chi connectivity index (χ4v) is 1.76. The summed E-state index contributed by atoms with van der Waals surface area (Å²) in [5.74, 6) is -0.367. The molecule has 0 atom stereocenters. The molecule has 0 spiro atoms. The van der Waals surface area contributed by atoms with Crippen LogP contribution in [-0.4, -0.2) is 11.0 Å². The molecule has 1 amide bonds. The molecule has 0 saturated carbocycles. The van der Waals surface area contributed by atoms with Crippen LogP contribution in [0.15, 0.2) is 42.5 Å². The highest BCUT2D eigenvalue weighted by atomic mass is 35.5. The molecule has 0 aliphatic heterocycles. The zero-order valence-electron chi connectivity index (χ0n) is 8.85. The number of primary amides is 1. The summed E-state index contributed by atoms with van der Waals surface area (Å²) in [4.78, 5) is 11.2. The van der Waals surface area contributed by atoms with Gasteiger partial charge in [-0.2, -0.15) is 0 Å². The average Bonchev–Trinajstić information content (AvgIpc) is 2.30. The Labute approximate surface area is 103 Å². The lowest BCUT2D eigenvalue weighted by Crippen LogP contribution is -2.11. The Balaban J connectivity index is 2.50. The molecular weight excluding hydrogens is 238 g/mol. The molecule has 0 unspecified atom stereocenters. The first-order valence-electron chi connectivity index (χ1n) is 4.96. The van der Waals surface area contributed by atoms with Gasteiger partial charge in [-0.3, -0.25) is 4.79 Å². The predicted molar refractivity (Wildman–Crippen MR) is 67.1 cm³/mol. The van der Waals surface area contributed by atoms with Gasteiger partial charge in [0.05, 0.1) is 10.6 Å². The molecule has 2 aromatic rings. The van der Waals surface area contributed by atoms with Crippen LogP contribution in [0.5, 0.6) is 5.75 Å². The zero-order valence-corrected chi connectivity index (χ0v) is 9.61. The number of aromatic hydroxyl groups is 1. The summed E-state index contributed by atoms with van der Waals surface area (Å²) >= 11 is 5.86. The lowest BCUT2D eigenvalue weighted by Gasteiger charge is -2.05. The Kier molecular flexibility index (Phi) is 3.02. The molecule has 0 aromatic heterocycles. The molecule has 0 fully saturated rings. The number of benzene rings is 2. The minimum absolute atomic E-state index is 0.192. The first-order valence-corrected chi connectivity index (χ1v) is 5.34. The van der Waals surface area contributed by atoms with Crippen LogP contribution in [0.25, 0.3) is 11.1 Å². The molecule has 2 rings (SSSR count). The number of nitrogens with two attached hydrogens (primary N) is 1. The first-order chi connectivity index (χ1) is 8.08. The molecular formula is C13H10ClNO2. The van der Waals surface area contributed by atoms with E-state index in [0.29, 0.717) is 5.02 Å². The molecule has 0 bridgehead atoms. The van der Waals surface area contributed by atoms with Crippen molar-refractivity contribution in [2.45, 2.75) is 0 Å². The van der Waals surface area contributed by atoms with Gasteiger partial charge in [-0.15, -0.1) is 0 Å². The van der Waals surface area contributed by atoms with Gasteiger partial charge in [-0.1, -0.05) is 29.8 Å². The quantitative estimate of drug-likeness (QED) is 0.857. The molecule has 0 aliphatic carbocycles. The topological polar surface area (TPSA) is 63.3 Å². The molecule has 2 aromatic carbocycles. The zero-order chi connectivity index (χ0) is 12.4. The van der Waals surface area contributed by atoms with Gasteiger partial charge >= 0.3 is 0 Å². The number of phenolic OH excluding ortho intramolecular Hbond substituents is 1. The van der Waals surface area contributed by atoms with Crippen molar-refractivity contribution in [3.8, 4) is 16.9 Å². The summed E-state index contributed by atoms with van der Waals surface area (Å²) in [5, 5.41) is 9.53. The maximum atomic E-state index is 11.2. The third kappa shape index (κ3) is 2.40. The first kappa shape index (κ1) is 11.5. The Morgan fingerprint density at radius 2 is 1.65 bits per heavy atom. The highest BCUT2D eigenvalue weighted by molar-refractivity contribution is 6.33. The van der Waals surface area contributed by atoms with E-state index in [1.165, 1.54) is 0 Å². The van der Waals surface area contributed by atoms with Crippen molar-refractivity contribution in [1.29, 1.82) is 0 Å². The number of hydrogen-bond donors (Lipinski definition) is 2. The minimum atomic E-state index is -0.560. The Bertz CT molecular complexity index is 564. The fourth-order valence-electron chi connectivity index (χ4n) is 1.55. The molecule has 4 heteroatoms. The molecule has 17 heavy (non-hydrogen) atoms. The Morgan fingerprint density at radius 1 is 1.06 bits per heavy atom. The van der Waals surface area contributed by atoms with Crippen LogP contribution >= 0.6 is 11.6 Å². The monoisotopic (exact) mass is 247 g/mol. The minimum Gasteiger partial charge on any atom is -0.508 e. The molecule has 86 valence electrons. The number of amides is 1. The van der Waals surface area contributed by atoms with Gasteiger partial charge in [-0.05, 0) is 35.4 Å². The summed E-state index contributed by atoms with van der Waals surface area (Å²) < 4.78 is 0. The van der Waals surface area contributed by atoms with Gasteiger partial charge in [0.25, 0.3) is 0 Å². The van der Waals surface area contributed by atoms with Crippen molar-refractivity contribution in [2.75, 3.05) is 0 Å². The van der Waals surface area contributed by atoms with Gasteiger partial charge in [0.1, 0.15) is 5.75 Å². The second kappa shape index (κ2) is 4.47. The third-order valence-corrected chi connectivity index (χ3v) is 2.76. The molecule has 3 N–H and O–H groups in total. The van der Waals surface area contributed by atoms with Crippen molar-refractivity contribution >= 4 is 17.5 Å². The van der Waals surface area contributed by atoms with Gasteiger partial charge in [0.15, 0.2) is 0 Å². The number of carbonyl (C=O) groups is 1. The summed E-state index contributed by atoms with van der Waals surface area (Å²) in [7, 11) is 0. The second-order valence-electron chi connectivity index (χ2n) is 3.61. The second-order valence-corrected chi connectivity index (χ2v) is 4.01. The molecule has 0 saturated heterocycles. The Hall–Kier alpha value is -2.00. The smallest absolute Gasteiger partial charge is 0.250 e. The molecule has 3 nitrogen and oxygen atoms in total. The van der Waals surface area contributed by atoms with Crippen molar-refractivity contribution in [3.05, 3.63) is 53.1 Å². The van der Waals surface area contributed by atoms with Crippen LogP contribution in [0.2, 0.25) is 5.02 Å². The standard InChI is InChI=1S/C13H10ClNO2/c14-12-6-3-9(7-11(12)13(15)17)8-1-4-10(16)5-2-8/h1-7,16H,(H2,15,17). The number of halogens is 1. The van der Waals surface area contributed by atoms with Gasteiger partial charge in [-0.25, -0.2) is 0 Å². The van der Waals surface area contributed by atoms with Crippen LogP contribution < -0.4 is 5.73 Å². The number of hydrogen-bond acceptors (Lipinski definition) is 2. The SMILES string of the molecule is NC(=O)c1cc(-c2ccc(O)cc2)ccc1Cl. The van der Waals surface area contributed by atoms with E-state index in [-0.39, 0.29) is 11.3 Å². The predicted octanol–water partition coefficient (Wildman–Crippen LogP) is 2.81. The van der Waals surface area contributed by atoms with E-state index in [1.54, 1.807) is 42.5 Å². The van der Waals surface area contributed by atoms with Gasteiger partial charge < -0.3 is 10.8 Å². The molecule has 0 aliphatic rings. The van der Waals surface area contributed by atoms with E-state index in [2.05, 4.69) is 0 Å². The van der Waals surface area contributed by atoms with Crippen LogP contribution in [0.4, 0.5) is 0 Å². The normalized spacial score (nSPS) is 10.2. The number of rotatable bonds is 2. The van der Waals surface area contributed by atoms with Crippen molar-refractivity contribution in [1.82, 2.24) is 0 Å². The Morgan fingerprint density at radius 3 is 2.24 bits per heavy atom. The lowest BCUT2D eigenvalue weighted by atomic mass is 10.0.